The van der Waals surface area contributed by atoms with Crippen molar-refractivity contribution in [3.63, 3.8) is 0 Å². The predicted octanol–water partition coefficient (Wildman–Crippen LogP) is 2.44. The van der Waals surface area contributed by atoms with Crippen molar-refractivity contribution in [2.45, 2.75) is 38.4 Å². The Morgan fingerprint density at radius 3 is 2.83 bits per heavy atom. The smallest absolute Gasteiger partial charge is 0.119 e. The van der Waals surface area contributed by atoms with Crippen molar-refractivity contribution in [2.24, 2.45) is 0 Å². The Labute approximate surface area is 110 Å². The molecule has 3 nitrogen and oxygen atoms in total. The molecule has 1 aromatic carbocycles. The van der Waals surface area contributed by atoms with Crippen LogP contribution in [0.3, 0.4) is 0 Å². The Morgan fingerprint density at radius 2 is 2.22 bits per heavy atom. The first-order valence-electron chi connectivity index (χ1n) is 6.70. The lowest BCUT2D eigenvalue weighted by atomic mass is 10.1. The maximum atomic E-state index is 5.27. The highest BCUT2D eigenvalue weighted by Gasteiger charge is 2.26. The van der Waals surface area contributed by atoms with E-state index in [0.717, 1.165) is 12.3 Å². The molecule has 0 bridgehead atoms. The van der Waals surface area contributed by atoms with Crippen molar-refractivity contribution in [1.82, 2.24) is 10.2 Å². The zero-order valence-corrected chi connectivity index (χ0v) is 11.8. The van der Waals surface area contributed by atoms with Crippen LogP contribution in [0.1, 0.15) is 31.9 Å². The summed E-state index contributed by atoms with van der Waals surface area (Å²) in [6.07, 6.45) is 1.23. The zero-order chi connectivity index (χ0) is 13.1. The van der Waals surface area contributed by atoms with E-state index in [1.54, 1.807) is 7.11 Å². The highest BCUT2D eigenvalue weighted by atomic mass is 16.5. The van der Waals surface area contributed by atoms with Gasteiger partial charge < -0.3 is 15.0 Å². The van der Waals surface area contributed by atoms with Gasteiger partial charge in [0.05, 0.1) is 7.11 Å². The number of methoxy groups -OCH3 is 1. The fourth-order valence-electron chi connectivity index (χ4n) is 2.68. The van der Waals surface area contributed by atoms with E-state index in [4.69, 9.17) is 4.74 Å². The van der Waals surface area contributed by atoms with E-state index in [-0.39, 0.29) is 0 Å². The number of nitrogens with zero attached hydrogens (tertiary/aromatic N) is 1. The first kappa shape index (κ1) is 13.4. The largest absolute Gasteiger partial charge is 0.497 e. The molecule has 1 N–H and O–H groups in total. The van der Waals surface area contributed by atoms with E-state index in [0.29, 0.717) is 18.1 Å². The Kier molecular flexibility index (Phi) is 4.25. The lowest BCUT2D eigenvalue weighted by Gasteiger charge is -2.20. The van der Waals surface area contributed by atoms with Gasteiger partial charge in [-0.3, -0.25) is 0 Å². The van der Waals surface area contributed by atoms with Crippen molar-refractivity contribution in [2.75, 3.05) is 20.7 Å². The Morgan fingerprint density at radius 1 is 1.44 bits per heavy atom. The van der Waals surface area contributed by atoms with Crippen molar-refractivity contribution >= 4 is 0 Å². The van der Waals surface area contributed by atoms with Gasteiger partial charge in [-0.2, -0.15) is 0 Å². The van der Waals surface area contributed by atoms with Crippen LogP contribution in [0.4, 0.5) is 0 Å². The molecule has 0 saturated carbocycles. The van der Waals surface area contributed by atoms with Crippen LogP contribution in [0.5, 0.6) is 5.75 Å². The summed E-state index contributed by atoms with van der Waals surface area (Å²) in [6.45, 7) is 5.64. The van der Waals surface area contributed by atoms with Gasteiger partial charge in [-0.1, -0.05) is 12.1 Å². The van der Waals surface area contributed by atoms with Crippen molar-refractivity contribution in [1.29, 1.82) is 0 Å². The molecule has 1 fully saturated rings. The monoisotopic (exact) mass is 248 g/mol. The average molecular weight is 248 g/mol. The number of rotatable bonds is 4. The summed E-state index contributed by atoms with van der Waals surface area (Å²) in [5.74, 6) is 0.929. The summed E-state index contributed by atoms with van der Waals surface area (Å²) in [5, 5.41) is 3.71. The molecule has 18 heavy (non-hydrogen) atoms. The second-order valence-electron chi connectivity index (χ2n) is 5.39. The fraction of sp³-hybridized carbons (Fsp3) is 0.600. The third-order valence-electron chi connectivity index (χ3n) is 3.97. The second kappa shape index (κ2) is 5.72. The number of benzene rings is 1. The van der Waals surface area contributed by atoms with Gasteiger partial charge in [0.25, 0.3) is 0 Å². The Hall–Kier alpha value is -1.06. The quantitative estimate of drug-likeness (QED) is 0.885. The molecule has 0 aliphatic carbocycles. The van der Waals surface area contributed by atoms with Crippen LogP contribution in [0.25, 0.3) is 0 Å². The molecule has 0 amide bonds. The summed E-state index contributed by atoms with van der Waals surface area (Å²) in [4.78, 5) is 2.41. The lowest BCUT2D eigenvalue weighted by Crippen LogP contribution is -2.33. The second-order valence-corrected chi connectivity index (χ2v) is 5.39. The number of likely N-dealkylation sites (tertiary alicyclic amines) is 1. The molecular formula is C15H24N2O. The van der Waals surface area contributed by atoms with E-state index < -0.39 is 0 Å². The highest BCUT2D eigenvalue weighted by molar-refractivity contribution is 5.30. The molecule has 3 heteroatoms. The summed E-state index contributed by atoms with van der Waals surface area (Å²) < 4.78 is 5.27. The minimum Gasteiger partial charge on any atom is -0.497 e. The molecule has 1 heterocycles. The van der Waals surface area contributed by atoms with Crippen LogP contribution < -0.4 is 10.1 Å². The predicted molar refractivity (Wildman–Crippen MR) is 75.0 cm³/mol. The molecule has 1 aliphatic heterocycles. The highest BCUT2D eigenvalue weighted by Crippen LogP contribution is 2.22. The summed E-state index contributed by atoms with van der Waals surface area (Å²) in [5.41, 5.74) is 1.29. The minimum atomic E-state index is 0.365. The molecule has 0 spiro atoms. The molecule has 100 valence electrons. The number of nitrogens with one attached hydrogen (secondary N) is 1. The number of ether oxygens (including phenoxy) is 1. The third-order valence-corrected chi connectivity index (χ3v) is 3.97. The van der Waals surface area contributed by atoms with Crippen LogP contribution in [0.2, 0.25) is 0 Å². The molecule has 2 rings (SSSR count). The molecule has 0 radical (unpaired) electrons. The van der Waals surface area contributed by atoms with Crippen molar-refractivity contribution in [3.8, 4) is 5.75 Å². The average Bonchev–Trinajstić information content (AvgIpc) is 2.68. The molecule has 0 aromatic heterocycles. The van der Waals surface area contributed by atoms with Crippen LogP contribution in [-0.4, -0.2) is 37.7 Å². The van der Waals surface area contributed by atoms with Gasteiger partial charge in [0.2, 0.25) is 0 Å². The number of hydrogen-bond donors (Lipinski definition) is 1. The fourth-order valence-corrected chi connectivity index (χ4v) is 2.68. The topological polar surface area (TPSA) is 24.5 Å². The Balaban J connectivity index is 1.97. The van der Waals surface area contributed by atoms with Gasteiger partial charge in [-0.25, -0.2) is 0 Å². The molecule has 1 aliphatic rings. The van der Waals surface area contributed by atoms with Gasteiger partial charge in [0.15, 0.2) is 0 Å². The van der Waals surface area contributed by atoms with Gasteiger partial charge >= 0.3 is 0 Å². The van der Waals surface area contributed by atoms with Crippen molar-refractivity contribution < 1.29 is 4.74 Å². The van der Waals surface area contributed by atoms with E-state index in [1.165, 1.54) is 12.0 Å². The van der Waals surface area contributed by atoms with Crippen molar-refractivity contribution in [3.05, 3.63) is 29.8 Å². The summed E-state index contributed by atoms with van der Waals surface area (Å²) in [7, 11) is 3.91. The van der Waals surface area contributed by atoms with Crippen LogP contribution in [0, 0.1) is 0 Å². The zero-order valence-electron chi connectivity index (χ0n) is 11.8. The SMILES string of the molecule is COc1cccc(C(C)NC2CC(C)N(C)C2)c1. The molecular weight excluding hydrogens is 224 g/mol. The molecule has 3 unspecified atom stereocenters. The van der Waals surface area contributed by atoms with Gasteiger partial charge in [0, 0.05) is 24.7 Å². The van der Waals surface area contributed by atoms with Crippen LogP contribution in [0.15, 0.2) is 24.3 Å². The van der Waals surface area contributed by atoms with Gasteiger partial charge in [0.1, 0.15) is 5.75 Å². The van der Waals surface area contributed by atoms with Crippen LogP contribution >= 0.6 is 0 Å². The molecule has 1 aromatic rings. The third kappa shape index (κ3) is 3.03. The van der Waals surface area contributed by atoms with Gasteiger partial charge in [-0.15, -0.1) is 0 Å². The maximum Gasteiger partial charge on any atom is 0.119 e. The standard InChI is InChI=1S/C15H24N2O/c1-11-8-14(10-17(11)3)16-12(2)13-6-5-7-15(9-13)18-4/h5-7,9,11-12,14,16H,8,10H2,1-4H3. The normalized spacial score (nSPS) is 26.2. The lowest BCUT2D eigenvalue weighted by molar-refractivity contribution is 0.325. The maximum absolute atomic E-state index is 5.27. The van der Waals surface area contributed by atoms with Crippen LogP contribution in [-0.2, 0) is 0 Å². The van der Waals surface area contributed by atoms with E-state index >= 15 is 0 Å². The van der Waals surface area contributed by atoms with E-state index in [1.807, 2.05) is 6.07 Å². The van der Waals surface area contributed by atoms with Gasteiger partial charge in [-0.05, 0) is 45.0 Å². The first-order chi connectivity index (χ1) is 8.60. The first-order valence-corrected chi connectivity index (χ1v) is 6.70. The molecule has 1 saturated heterocycles. The summed E-state index contributed by atoms with van der Waals surface area (Å²) in [6, 6.07) is 9.94. The number of hydrogen-bond acceptors (Lipinski definition) is 3. The Bertz CT molecular complexity index is 384. The molecule has 3 atom stereocenters. The number of likely N-dealkylation sites (N-methyl/N-ethyl adjacent to an activating group) is 1. The summed E-state index contributed by atoms with van der Waals surface area (Å²) >= 11 is 0. The van der Waals surface area contributed by atoms with E-state index in [2.05, 4.69) is 49.3 Å². The van der Waals surface area contributed by atoms with E-state index in [9.17, 15) is 0 Å². The minimum absolute atomic E-state index is 0.365.